The molecule has 0 spiro atoms. The molecule has 29 heavy (non-hydrogen) atoms. The number of aromatic amines is 1. The zero-order chi connectivity index (χ0) is 20.2. The summed E-state index contributed by atoms with van der Waals surface area (Å²) in [5.74, 6) is 0.704. The summed E-state index contributed by atoms with van der Waals surface area (Å²) in [6.07, 6.45) is 3.38. The van der Waals surface area contributed by atoms with Gasteiger partial charge in [0, 0.05) is 28.5 Å². The van der Waals surface area contributed by atoms with Gasteiger partial charge in [0.2, 0.25) is 5.91 Å². The number of carbonyl (C=O) groups excluding carboxylic acids is 1. The van der Waals surface area contributed by atoms with Gasteiger partial charge in [-0.15, -0.1) is 0 Å². The lowest BCUT2D eigenvalue weighted by molar-refractivity contribution is -0.130. The second kappa shape index (κ2) is 7.01. The van der Waals surface area contributed by atoms with Gasteiger partial charge < -0.3 is 10.0 Å². The first-order valence-electron chi connectivity index (χ1n) is 9.79. The van der Waals surface area contributed by atoms with Crippen molar-refractivity contribution in [2.75, 3.05) is 13.1 Å². The number of benzene rings is 2. The number of halogens is 2. The normalized spacial score (nSPS) is 26.2. The van der Waals surface area contributed by atoms with Crippen molar-refractivity contribution in [2.24, 2.45) is 11.8 Å². The molecular formula is C22H21Cl2N3O2. The zero-order valence-electron chi connectivity index (χ0n) is 15.7. The lowest BCUT2D eigenvalue weighted by atomic mass is 9.88. The number of hydrogen-bond acceptors (Lipinski definition) is 3. The van der Waals surface area contributed by atoms with Crippen molar-refractivity contribution in [3.05, 3.63) is 63.8 Å². The van der Waals surface area contributed by atoms with Crippen LogP contribution in [0.4, 0.5) is 0 Å². The number of fused-ring (bicyclic) bond motifs is 2. The van der Waals surface area contributed by atoms with Gasteiger partial charge in [0.25, 0.3) is 0 Å². The Morgan fingerprint density at radius 1 is 1.14 bits per heavy atom. The van der Waals surface area contributed by atoms with Gasteiger partial charge in [0.05, 0.1) is 23.7 Å². The molecule has 3 aromatic rings. The molecule has 0 bridgehead atoms. The molecule has 5 nitrogen and oxygen atoms in total. The van der Waals surface area contributed by atoms with E-state index < -0.39 is 5.60 Å². The number of hydrogen-bond donors (Lipinski definition) is 2. The van der Waals surface area contributed by atoms with Crippen molar-refractivity contribution >= 4 is 40.0 Å². The molecule has 150 valence electrons. The first-order valence-corrected chi connectivity index (χ1v) is 10.5. The minimum Gasteiger partial charge on any atom is -0.385 e. The molecule has 1 saturated carbocycles. The van der Waals surface area contributed by atoms with E-state index >= 15 is 0 Å². The van der Waals surface area contributed by atoms with E-state index in [1.165, 1.54) is 0 Å². The van der Waals surface area contributed by atoms with Crippen LogP contribution in [-0.4, -0.2) is 39.2 Å². The van der Waals surface area contributed by atoms with E-state index in [0.717, 1.165) is 22.0 Å². The number of carbonyl (C=O) groups is 1. The summed E-state index contributed by atoms with van der Waals surface area (Å²) in [6, 6.07) is 11.1. The first-order chi connectivity index (χ1) is 13.9. The summed E-state index contributed by atoms with van der Waals surface area (Å²) in [4.78, 5) is 14.7. The van der Waals surface area contributed by atoms with E-state index in [9.17, 15) is 9.90 Å². The molecule has 2 N–H and O–H groups in total. The molecule has 3 atom stereocenters. The summed E-state index contributed by atoms with van der Waals surface area (Å²) >= 11 is 12.2. The van der Waals surface area contributed by atoms with E-state index in [1.807, 2.05) is 41.3 Å². The number of nitrogens with zero attached hydrogens (tertiary/aromatic N) is 2. The van der Waals surface area contributed by atoms with Crippen LogP contribution in [0.1, 0.15) is 24.0 Å². The number of rotatable bonds is 3. The average Bonchev–Trinajstić information content (AvgIpc) is 3.36. The summed E-state index contributed by atoms with van der Waals surface area (Å²) in [5.41, 5.74) is 1.70. The van der Waals surface area contributed by atoms with Crippen LogP contribution in [0.25, 0.3) is 10.9 Å². The largest absolute Gasteiger partial charge is 0.385 e. The molecule has 2 aliphatic rings. The van der Waals surface area contributed by atoms with Crippen LogP contribution in [0.3, 0.4) is 0 Å². The first kappa shape index (κ1) is 18.9. The minimum absolute atomic E-state index is 0.130. The Bertz CT molecular complexity index is 1070. The van der Waals surface area contributed by atoms with Gasteiger partial charge in [0.15, 0.2) is 0 Å². The topological polar surface area (TPSA) is 69.2 Å². The molecule has 1 aliphatic carbocycles. The molecule has 1 aliphatic heterocycles. The van der Waals surface area contributed by atoms with Gasteiger partial charge in [-0.2, -0.15) is 5.10 Å². The molecule has 2 aromatic carbocycles. The van der Waals surface area contributed by atoms with Crippen molar-refractivity contribution in [3.8, 4) is 0 Å². The van der Waals surface area contributed by atoms with Crippen LogP contribution in [0.5, 0.6) is 0 Å². The van der Waals surface area contributed by atoms with Crippen LogP contribution in [-0.2, 0) is 16.8 Å². The molecule has 5 rings (SSSR count). The molecule has 2 fully saturated rings. The monoisotopic (exact) mass is 429 g/mol. The van der Waals surface area contributed by atoms with Crippen molar-refractivity contribution in [3.63, 3.8) is 0 Å². The number of nitrogens with one attached hydrogen (secondary N) is 1. The Hall–Kier alpha value is -2.08. The van der Waals surface area contributed by atoms with Crippen LogP contribution >= 0.6 is 23.2 Å². The maximum absolute atomic E-state index is 12.7. The standard InChI is InChI=1S/C22H21Cl2N3O2/c23-16-3-1-13(2-4-16)5-21(28)27-11-14-8-22(29,9-15(14)12-27)19-6-17(24)7-20-18(19)10-25-26-20/h1-4,6-7,10,14-15,29H,5,8-9,11-12H2,(H,25,26)/t14-,15+,22?. The predicted octanol–water partition coefficient (Wildman–Crippen LogP) is 4.17. The van der Waals surface area contributed by atoms with Crippen LogP contribution in [0, 0.1) is 11.8 Å². The third-order valence-corrected chi connectivity index (χ3v) is 6.89. The molecular weight excluding hydrogens is 409 g/mol. The van der Waals surface area contributed by atoms with Crippen molar-refractivity contribution in [1.29, 1.82) is 0 Å². The number of amides is 1. The fraction of sp³-hybridized carbons (Fsp3) is 0.364. The molecule has 0 radical (unpaired) electrons. The van der Waals surface area contributed by atoms with Gasteiger partial charge in [-0.3, -0.25) is 9.89 Å². The zero-order valence-corrected chi connectivity index (χ0v) is 17.2. The Kier molecular flexibility index (Phi) is 4.57. The Morgan fingerprint density at radius 3 is 2.52 bits per heavy atom. The predicted molar refractivity (Wildman–Crippen MR) is 113 cm³/mol. The van der Waals surface area contributed by atoms with Gasteiger partial charge >= 0.3 is 0 Å². The quantitative estimate of drug-likeness (QED) is 0.656. The summed E-state index contributed by atoms with van der Waals surface area (Å²) < 4.78 is 0. The third kappa shape index (κ3) is 3.41. The summed E-state index contributed by atoms with van der Waals surface area (Å²) in [6.45, 7) is 1.38. The molecule has 1 aromatic heterocycles. The Balaban J connectivity index is 1.31. The van der Waals surface area contributed by atoms with Crippen LogP contribution in [0.2, 0.25) is 10.0 Å². The van der Waals surface area contributed by atoms with E-state index in [4.69, 9.17) is 23.2 Å². The number of H-pyrrole nitrogens is 1. The molecule has 1 saturated heterocycles. The Labute approximate surface area is 178 Å². The second-order valence-corrected chi connectivity index (χ2v) is 9.22. The Morgan fingerprint density at radius 2 is 1.83 bits per heavy atom. The van der Waals surface area contributed by atoms with Crippen LogP contribution < -0.4 is 0 Å². The van der Waals surface area contributed by atoms with Gasteiger partial charge in [-0.25, -0.2) is 0 Å². The van der Waals surface area contributed by atoms with Gasteiger partial charge in [-0.05, 0) is 60.1 Å². The minimum atomic E-state index is -0.937. The van der Waals surface area contributed by atoms with E-state index in [-0.39, 0.29) is 17.7 Å². The van der Waals surface area contributed by atoms with Gasteiger partial charge in [-0.1, -0.05) is 35.3 Å². The fourth-order valence-corrected chi connectivity index (χ4v) is 5.41. The highest BCUT2D eigenvalue weighted by atomic mass is 35.5. The van der Waals surface area contributed by atoms with E-state index in [1.54, 1.807) is 6.20 Å². The second-order valence-electron chi connectivity index (χ2n) is 8.35. The highest BCUT2D eigenvalue weighted by Crippen LogP contribution is 2.50. The van der Waals surface area contributed by atoms with Gasteiger partial charge in [0.1, 0.15) is 0 Å². The number of aromatic nitrogens is 2. The maximum Gasteiger partial charge on any atom is 0.227 e. The summed E-state index contributed by atoms with van der Waals surface area (Å²) in [7, 11) is 0. The molecule has 1 amide bonds. The highest BCUT2D eigenvalue weighted by Gasteiger charge is 2.50. The van der Waals surface area contributed by atoms with Crippen LogP contribution in [0.15, 0.2) is 42.6 Å². The highest BCUT2D eigenvalue weighted by molar-refractivity contribution is 6.31. The smallest absolute Gasteiger partial charge is 0.227 e. The van der Waals surface area contributed by atoms with E-state index in [0.29, 0.717) is 42.4 Å². The third-order valence-electron chi connectivity index (χ3n) is 6.42. The molecule has 1 unspecified atom stereocenters. The van der Waals surface area contributed by atoms with Crippen molar-refractivity contribution in [2.45, 2.75) is 24.9 Å². The lowest BCUT2D eigenvalue weighted by Gasteiger charge is -2.27. The SMILES string of the molecule is O=C(Cc1ccc(Cl)cc1)N1C[C@@H]2CC(O)(c3cc(Cl)cc4[nH]ncc34)C[C@@H]2C1. The van der Waals surface area contributed by atoms with E-state index in [2.05, 4.69) is 10.2 Å². The fourth-order valence-electron chi connectivity index (χ4n) is 5.07. The molecule has 2 heterocycles. The van der Waals surface area contributed by atoms with Crippen molar-refractivity contribution < 1.29 is 9.90 Å². The number of aliphatic hydroxyl groups is 1. The average molecular weight is 430 g/mol. The molecule has 7 heteroatoms. The summed E-state index contributed by atoms with van der Waals surface area (Å²) in [5, 5.41) is 20.7. The lowest BCUT2D eigenvalue weighted by Crippen LogP contribution is -2.33. The van der Waals surface area contributed by atoms with Crippen molar-refractivity contribution in [1.82, 2.24) is 15.1 Å². The maximum atomic E-state index is 12.7. The number of likely N-dealkylation sites (tertiary alicyclic amines) is 1.